The van der Waals surface area contributed by atoms with Crippen molar-refractivity contribution in [2.24, 2.45) is 0 Å². The maximum Gasteiger partial charge on any atom is 0.151 e. The fraction of sp³-hybridized carbons (Fsp3) is 0.417. The summed E-state index contributed by atoms with van der Waals surface area (Å²) >= 11 is 0. The SMILES string of the molecule is CCCc1nnnn1CCOc1cccc(N)c1. The van der Waals surface area contributed by atoms with Crippen LogP contribution in [0.5, 0.6) is 5.75 Å². The van der Waals surface area contributed by atoms with Crippen LogP contribution in [0.25, 0.3) is 0 Å². The van der Waals surface area contributed by atoms with Gasteiger partial charge >= 0.3 is 0 Å². The van der Waals surface area contributed by atoms with Gasteiger partial charge in [0.2, 0.25) is 0 Å². The molecule has 0 aliphatic carbocycles. The van der Waals surface area contributed by atoms with E-state index in [1.807, 2.05) is 18.2 Å². The standard InChI is InChI=1S/C12H17N5O/c1-2-4-12-14-15-16-17(12)7-8-18-11-6-3-5-10(13)9-11/h3,5-6,9H,2,4,7-8,13H2,1H3. The number of hydrogen-bond acceptors (Lipinski definition) is 5. The lowest BCUT2D eigenvalue weighted by atomic mass is 10.3. The predicted octanol–water partition coefficient (Wildman–Crippen LogP) is 1.29. The molecule has 96 valence electrons. The van der Waals surface area contributed by atoms with Gasteiger partial charge < -0.3 is 10.5 Å². The number of hydrogen-bond donors (Lipinski definition) is 1. The quantitative estimate of drug-likeness (QED) is 0.778. The Morgan fingerprint density at radius 1 is 1.39 bits per heavy atom. The van der Waals surface area contributed by atoms with Gasteiger partial charge in [0.1, 0.15) is 12.4 Å². The molecule has 1 aromatic carbocycles. The van der Waals surface area contributed by atoms with Gasteiger partial charge in [0.05, 0.1) is 6.54 Å². The first kappa shape index (κ1) is 12.3. The van der Waals surface area contributed by atoms with Gasteiger partial charge in [0.25, 0.3) is 0 Å². The molecule has 6 heteroatoms. The number of nitrogens with zero attached hydrogens (tertiary/aromatic N) is 4. The Balaban J connectivity index is 1.86. The lowest BCUT2D eigenvalue weighted by molar-refractivity contribution is 0.287. The van der Waals surface area contributed by atoms with Crippen molar-refractivity contribution in [2.75, 3.05) is 12.3 Å². The van der Waals surface area contributed by atoms with Gasteiger partial charge in [-0.25, -0.2) is 4.68 Å². The first-order chi connectivity index (χ1) is 8.79. The molecule has 0 bridgehead atoms. The Bertz CT molecular complexity index is 497. The van der Waals surface area contributed by atoms with Crippen LogP contribution in [0, 0.1) is 0 Å². The molecule has 0 unspecified atom stereocenters. The van der Waals surface area contributed by atoms with E-state index >= 15 is 0 Å². The molecule has 18 heavy (non-hydrogen) atoms. The summed E-state index contributed by atoms with van der Waals surface area (Å²) in [6.45, 7) is 3.25. The zero-order valence-electron chi connectivity index (χ0n) is 10.4. The van der Waals surface area contributed by atoms with Crippen LogP contribution in [0.3, 0.4) is 0 Å². The number of nitrogen functional groups attached to an aromatic ring is 1. The Morgan fingerprint density at radius 2 is 2.28 bits per heavy atom. The van der Waals surface area contributed by atoms with Crippen LogP contribution >= 0.6 is 0 Å². The van der Waals surface area contributed by atoms with Crippen molar-refractivity contribution in [1.82, 2.24) is 20.2 Å². The second-order valence-electron chi connectivity index (χ2n) is 3.99. The Morgan fingerprint density at radius 3 is 3.06 bits per heavy atom. The largest absolute Gasteiger partial charge is 0.492 e. The summed E-state index contributed by atoms with van der Waals surface area (Å²) in [6, 6.07) is 7.37. The Hall–Kier alpha value is -2.11. The van der Waals surface area contributed by atoms with Crippen molar-refractivity contribution in [2.45, 2.75) is 26.3 Å². The van der Waals surface area contributed by atoms with Crippen LogP contribution in [-0.4, -0.2) is 26.8 Å². The third-order valence-electron chi connectivity index (χ3n) is 2.51. The van der Waals surface area contributed by atoms with Gasteiger partial charge in [-0.15, -0.1) is 5.10 Å². The van der Waals surface area contributed by atoms with Crippen molar-refractivity contribution >= 4 is 5.69 Å². The highest BCUT2D eigenvalue weighted by molar-refractivity contribution is 5.43. The molecule has 0 saturated carbocycles. The molecule has 0 atom stereocenters. The van der Waals surface area contributed by atoms with E-state index in [0.29, 0.717) is 18.8 Å². The van der Waals surface area contributed by atoms with Gasteiger partial charge in [-0.1, -0.05) is 13.0 Å². The van der Waals surface area contributed by atoms with Gasteiger partial charge in [-0.05, 0) is 29.0 Å². The van der Waals surface area contributed by atoms with Crippen LogP contribution in [-0.2, 0) is 13.0 Å². The Kier molecular flexibility index (Phi) is 4.11. The number of tetrazole rings is 1. The monoisotopic (exact) mass is 247 g/mol. The van der Waals surface area contributed by atoms with E-state index in [1.54, 1.807) is 10.7 Å². The Labute approximate surface area is 106 Å². The van der Waals surface area contributed by atoms with E-state index in [1.165, 1.54) is 0 Å². The van der Waals surface area contributed by atoms with E-state index in [0.717, 1.165) is 24.4 Å². The van der Waals surface area contributed by atoms with E-state index in [2.05, 4.69) is 22.4 Å². The van der Waals surface area contributed by atoms with E-state index in [9.17, 15) is 0 Å². The zero-order valence-corrected chi connectivity index (χ0v) is 10.4. The summed E-state index contributed by atoms with van der Waals surface area (Å²) in [5.41, 5.74) is 6.37. The van der Waals surface area contributed by atoms with E-state index in [4.69, 9.17) is 10.5 Å². The number of anilines is 1. The third kappa shape index (κ3) is 3.19. The molecule has 1 heterocycles. The summed E-state index contributed by atoms with van der Waals surface area (Å²) in [6.07, 6.45) is 1.90. The molecule has 1 aromatic heterocycles. The lowest BCUT2D eigenvalue weighted by Crippen LogP contribution is -2.12. The normalized spacial score (nSPS) is 10.5. The fourth-order valence-corrected chi connectivity index (χ4v) is 1.65. The average molecular weight is 247 g/mol. The molecule has 0 amide bonds. The summed E-state index contributed by atoms with van der Waals surface area (Å²) in [4.78, 5) is 0. The minimum absolute atomic E-state index is 0.519. The molecule has 0 radical (unpaired) electrons. The molecule has 2 rings (SSSR count). The molecular formula is C12H17N5O. The maximum absolute atomic E-state index is 5.67. The summed E-state index contributed by atoms with van der Waals surface area (Å²) in [7, 11) is 0. The topological polar surface area (TPSA) is 78.8 Å². The highest BCUT2D eigenvalue weighted by atomic mass is 16.5. The van der Waals surface area contributed by atoms with Gasteiger partial charge in [0.15, 0.2) is 5.82 Å². The highest BCUT2D eigenvalue weighted by Crippen LogP contribution is 2.14. The molecule has 0 fully saturated rings. The fourth-order valence-electron chi connectivity index (χ4n) is 1.65. The first-order valence-electron chi connectivity index (χ1n) is 6.03. The second-order valence-corrected chi connectivity index (χ2v) is 3.99. The molecule has 2 aromatic rings. The van der Waals surface area contributed by atoms with E-state index in [-0.39, 0.29) is 0 Å². The molecule has 0 spiro atoms. The minimum atomic E-state index is 0.519. The zero-order chi connectivity index (χ0) is 12.8. The minimum Gasteiger partial charge on any atom is -0.492 e. The summed E-state index contributed by atoms with van der Waals surface area (Å²) in [5, 5.41) is 11.6. The number of benzene rings is 1. The van der Waals surface area contributed by atoms with Crippen LogP contribution in [0.4, 0.5) is 5.69 Å². The molecule has 0 saturated heterocycles. The van der Waals surface area contributed by atoms with Crippen LogP contribution in [0.15, 0.2) is 24.3 Å². The van der Waals surface area contributed by atoms with Crippen molar-refractivity contribution in [1.29, 1.82) is 0 Å². The third-order valence-corrected chi connectivity index (χ3v) is 2.51. The number of aromatic nitrogens is 4. The lowest BCUT2D eigenvalue weighted by Gasteiger charge is -2.07. The number of ether oxygens (including phenoxy) is 1. The van der Waals surface area contributed by atoms with Gasteiger partial charge in [-0.3, -0.25) is 0 Å². The summed E-state index contributed by atoms with van der Waals surface area (Å²) in [5.74, 6) is 1.66. The highest BCUT2D eigenvalue weighted by Gasteiger charge is 2.04. The van der Waals surface area contributed by atoms with E-state index < -0.39 is 0 Å². The first-order valence-corrected chi connectivity index (χ1v) is 6.03. The molecule has 6 nitrogen and oxygen atoms in total. The summed E-state index contributed by atoms with van der Waals surface area (Å²) < 4.78 is 7.37. The van der Waals surface area contributed by atoms with Crippen molar-refractivity contribution in [3.05, 3.63) is 30.1 Å². The van der Waals surface area contributed by atoms with Crippen LogP contribution in [0.1, 0.15) is 19.2 Å². The number of nitrogens with two attached hydrogens (primary N) is 1. The molecule has 0 aliphatic rings. The van der Waals surface area contributed by atoms with Gasteiger partial charge in [-0.2, -0.15) is 0 Å². The molecule has 2 N–H and O–H groups in total. The second kappa shape index (κ2) is 6.00. The molecule has 0 aliphatic heterocycles. The number of aryl methyl sites for hydroxylation is 1. The van der Waals surface area contributed by atoms with Crippen molar-refractivity contribution in [3.8, 4) is 5.75 Å². The smallest absolute Gasteiger partial charge is 0.151 e. The molecular weight excluding hydrogens is 230 g/mol. The average Bonchev–Trinajstić information content (AvgIpc) is 2.78. The van der Waals surface area contributed by atoms with Crippen LogP contribution in [0.2, 0.25) is 0 Å². The predicted molar refractivity (Wildman–Crippen MR) is 68.2 cm³/mol. The van der Waals surface area contributed by atoms with Crippen molar-refractivity contribution in [3.63, 3.8) is 0 Å². The number of rotatable bonds is 6. The van der Waals surface area contributed by atoms with Gasteiger partial charge in [0, 0.05) is 18.2 Å². The van der Waals surface area contributed by atoms with Crippen LogP contribution < -0.4 is 10.5 Å². The maximum atomic E-state index is 5.67. The van der Waals surface area contributed by atoms with Crippen molar-refractivity contribution < 1.29 is 4.74 Å².